The third-order valence-corrected chi connectivity index (χ3v) is 9.16. The molecule has 1 saturated heterocycles. The van der Waals surface area contributed by atoms with Gasteiger partial charge in [0.1, 0.15) is 16.5 Å². The van der Waals surface area contributed by atoms with Crippen molar-refractivity contribution in [3.05, 3.63) is 28.8 Å². The normalized spacial score (nSPS) is 23.3. The third-order valence-electron chi connectivity index (χ3n) is 6.85. The van der Waals surface area contributed by atoms with Crippen LogP contribution in [0.15, 0.2) is 23.1 Å². The summed E-state index contributed by atoms with van der Waals surface area (Å²) in [5.41, 5.74) is -2.14. The van der Waals surface area contributed by atoms with Crippen molar-refractivity contribution >= 4 is 33.6 Å². The number of carbonyl (C=O) groups excluding carboxylic acids is 2. The van der Waals surface area contributed by atoms with Crippen molar-refractivity contribution in [2.45, 2.75) is 89.6 Å². The van der Waals surface area contributed by atoms with Crippen LogP contribution in [0.1, 0.15) is 66.4 Å². The zero-order valence-electron chi connectivity index (χ0n) is 23.0. The largest absolute Gasteiger partial charge is 0.444 e. The summed E-state index contributed by atoms with van der Waals surface area (Å²) in [5.74, 6) is -0.705. The predicted molar refractivity (Wildman–Crippen MR) is 141 cm³/mol. The fourth-order valence-electron chi connectivity index (χ4n) is 5.17. The Kier molecular flexibility index (Phi) is 8.94. The van der Waals surface area contributed by atoms with E-state index in [1.807, 2.05) is 20.8 Å². The van der Waals surface area contributed by atoms with E-state index in [0.29, 0.717) is 25.3 Å². The number of alkyl carbamates (subject to hydrolysis) is 1. The van der Waals surface area contributed by atoms with E-state index in [1.54, 1.807) is 20.8 Å². The zero-order valence-corrected chi connectivity index (χ0v) is 24.6. The maximum absolute atomic E-state index is 13.3. The number of ether oxygens (including phenoxy) is 1. The number of sulfonamides is 1. The molecule has 0 unspecified atom stereocenters. The molecular weight excluding hydrogens is 559 g/mol. The first kappa shape index (κ1) is 31.5. The summed E-state index contributed by atoms with van der Waals surface area (Å²) in [5, 5.41) is 5.35. The first-order valence-corrected chi connectivity index (χ1v) is 14.7. The maximum atomic E-state index is 13.3. The molecule has 2 amide bonds. The summed E-state index contributed by atoms with van der Waals surface area (Å²) < 4.78 is 72.8. The Morgan fingerprint density at radius 2 is 1.74 bits per heavy atom. The number of nitrogens with one attached hydrogen (secondary N) is 2. The quantitative estimate of drug-likeness (QED) is 0.470. The van der Waals surface area contributed by atoms with Gasteiger partial charge in [-0.2, -0.15) is 17.5 Å². The minimum absolute atomic E-state index is 0.0357. The van der Waals surface area contributed by atoms with Gasteiger partial charge in [0.15, 0.2) is 0 Å². The molecular formula is C26H37ClF3N3O5S. The van der Waals surface area contributed by atoms with Gasteiger partial charge in [0.2, 0.25) is 15.9 Å². The lowest BCUT2D eigenvalue weighted by atomic mass is 9.87. The summed E-state index contributed by atoms with van der Waals surface area (Å²) in [7, 11) is -4.30. The van der Waals surface area contributed by atoms with Crippen molar-refractivity contribution in [2.24, 2.45) is 17.3 Å². The monoisotopic (exact) mass is 595 g/mol. The van der Waals surface area contributed by atoms with Crippen molar-refractivity contribution in [2.75, 3.05) is 13.1 Å². The summed E-state index contributed by atoms with van der Waals surface area (Å²) >= 11 is 6.02. The van der Waals surface area contributed by atoms with E-state index in [9.17, 15) is 31.2 Å². The Labute approximate surface area is 233 Å². The minimum atomic E-state index is -4.72. The smallest absolute Gasteiger partial charge is 0.416 e. The zero-order chi connectivity index (χ0) is 29.6. The van der Waals surface area contributed by atoms with E-state index >= 15 is 0 Å². The highest BCUT2D eigenvalue weighted by atomic mass is 35.5. The number of fused-ring (bicyclic) bond motifs is 1. The molecule has 0 bridgehead atoms. The molecule has 8 nitrogen and oxygen atoms in total. The van der Waals surface area contributed by atoms with Gasteiger partial charge in [-0.1, -0.05) is 32.4 Å². The Morgan fingerprint density at radius 1 is 1.10 bits per heavy atom. The lowest BCUT2D eigenvalue weighted by molar-refractivity contribution is -0.137. The molecule has 2 aliphatic rings. The number of hydrogen-bond acceptors (Lipinski definition) is 5. The van der Waals surface area contributed by atoms with Crippen molar-refractivity contribution in [1.29, 1.82) is 0 Å². The standard InChI is InChI=1S/C26H37ClF3N3O5S/c1-24(2,3)12-20(32-23(35)38-25(4,5)6)22(34)31-19-10-7-15-13-33(14-17(15)19)39(36,37)21-11-16(26(28,29)30)8-9-18(21)27/h8-9,11,15,17,19-20H,7,10,12-14H2,1-6H3,(H,31,34)(H,32,35)/t15-,17+,19+,20+/m1/s1. The Hall–Kier alpha value is -2.05. The average Bonchev–Trinajstić information content (AvgIpc) is 3.32. The van der Waals surface area contributed by atoms with Gasteiger partial charge in [-0.25, -0.2) is 13.2 Å². The van der Waals surface area contributed by atoms with E-state index in [-0.39, 0.29) is 41.4 Å². The van der Waals surface area contributed by atoms with Crippen LogP contribution in [0.5, 0.6) is 0 Å². The van der Waals surface area contributed by atoms with Crippen LogP contribution >= 0.6 is 11.6 Å². The molecule has 39 heavy (non-hydrogen) atoms. The highest BCUT2D eigenvalue weighted by Gasteiger charge is 2.48. The highest BCUT2D eigenvalue weighted by molar-refractivity contribution is 7.89. The molecule has 2 N–H and O–H groups in total. The van der Waals surface area contributed by atoms with E-state index < -0.39 is 50.3 Å². The molecule has 0 aromatic heterocycles. The van der Waals surface area contributed by atoms with Crippen LogP contribution in [0.4, 0.5) is 18.0 Å². The number of amides is 2. The Morgan fingerprint density at radius 3 is 2.31 bits per heavy atom. The number of hydrogen-bond donors (Lipinski definition) is 2. The second kappa shape index (κ2) is 11.1. The van der Waals surface area contributed by atoms with Crippen molar-refractivity contribution < 1.29 is 35.9 Å². The van der Waals surface area contributed by atoms with Gasteiger partial charge in [0.05, 0.1) is 10.6 Å². The topological polar surface area (TPSA) is 105 Å². The first-order chi connectivity index (χ1) is 17.7. The molecule has 13 heteroatoms. The highest BCUT2D eigenvalue weighted by Crippen LogP contribution is 2.42. The van der Waals surface area contributed by atoms with Crippen LogP contribution in [0.3, 0.4) is 0 Å². The molecule has 2 fully saturated rings. The van der Waals surface area contributed by atoms with Crippen molar-refractivity contribution in [1.82, 2.24) is 14.9 Å². The van der Waals surface area contributed by atoms with Gasteiger partial charge in [0, 0.05) is 19.1 Å². The molecule has 1 heterocycles. The molecule has 220 valence electrons. The maximum Gasteiger partial charge on any atom is 0.416 e. The minimum Gasteiger partial charge on any atom is -0.444 e. The van der Waals surface area contributed by atoms with Gasteiger partial charge in [-0.15, -0.1) is 0 Å². The summed E-state index contributed by atoms with van der Waals surface area (Å²) in [6, 6.07) is 1.01. The van der Waals surface area contributed by atoms with Crippen molar-refractivity contribution in [3.8, 4) is 0 Å². The molecule has 0 radical (unpaired) electrons. The molecule has 0 spiro atoms. The fourth-order valence-corrected chi connectivity index (χ4v) is 7.21. The Bertz CT molecular complexity index is 1190. The van der Waals surface area contributed by atoms with Crippen LogP contribution in [0, 0.1) is 17.3 Å². The van der Waals surface area contributed by atoms with E-state index in [2.05, 4.69) is 10.6 Å². The number of alkyl halides is 3. The summed E-state index contributed by atoms with van der Waals surface area (Å²) in [6.07, 6.45) is -3.84. The number of halogens is 4. The SMILES string of the molecule is CC(C)(C)C[C@H](NC(=O)OC(C)(C)C)C(=O)N[C@H]1CC[C@@H]2CN(S(=O)(=O)c3cc(C(F)(F)F)ccc3Cl)C[C@@H]21. The fraction of sp³-hybridized carbons (Fsp3) is 0.692. The van der Waals surface area contributed by atoms with Crippen LogP contribution in [0.2, 0.25) is 5.02 Å². The van der Waals surface area contributed by atoms with Gasteiger partial charge in [0.25, 0.3) is 0 Å². The number of nitrogens with zero attached hydrogens (tertiary/aromatic N) is 1. The van der Waals surface area contributed by atoms with Crippen LogP contribution in [-0.2, 0) is 25.7 Å². The lowest BCUT2D eigenvalue weighted by Crippen LogP contribution is -2.53. The van der Waals surface area contributed by atoms with Gasteiger partial charge >= 0.3 is 12.3 Å². The molecule has 1 aromatic carbocycles. The van der Waals surface area contributed by atoms with Crippen molar-refractivity contribution in [3.63, 3.8) is 0 Å². The molecule has 1 aromatic rings. The molecule has 4 atom stereocenters. The van der Waals surface area contributed by atoms with E-state index in [4.69, 9.17) is 16.3 Å². The Balaban J connectivity index is 1.74. The molecule has 1 saturated carbocycles. The van der Waals surface area contributed by atoms with Crippen LogP contribution in [0.25, 0.3) is 0 Å². The number of rotatable bonds is 6. The third kappa shape index (κ3) is 8.00. The van der Waals surface area contributed by atoms with E-state index in [1.165, 1.54) is 0 Å². The van der Waals surface area contributed by atoms with Gasteiger partial charge < -0.3 is 15.4 Å². The summed E-state index contributed by atoms with van der Waals surface area (Å²) in [4.78, 5) is 25.1. The summed E-state index contributed by atoms with van der Waals surface area (Å²) in [6.45, 7) is 11.1. The predicted octanol–water partition coefficient (Wildman–Crippen LogP) is 5.20. The molecule has 3 rings (SSSR count). The van der Waals surface area contributed by atoms with E-state index in [0.717, 1.165) is 16.4 Å². The number of carbonyl (C=O) groups is 2. The number of benzene rings is 1. The average molecular weight is 596 g/mol. The van der Waals surface area contributed by atoms with Gasteiger partial charge in [-0.05, 0) is 75.5 Å². The van der Waals surface area contributed by atoms with Crippen LogP contribution in [-0.4, -0.2) is 55.5 Å². The van der Waals surface area contributed by atoms with Crippen LogP contribution < -0.4 is 10.6 Å². The molecule has 1 aliphatic carbocycles. The molecule has 1 aliphatic heterocycles. The first-order valence-electron chi connectivity index (χ1n) is 12.8. The lowest BCUT2D eigenvalue weighted by Gasteiger charge is -2.29. The second-order valence-corrected chi connectivity index (χ2v) is 14.9. The van der Waals surface area contributed by atoms with Gasteiger partial charge in [-0.3, -0.25) is 4.79 Å². The second-order valence-electron chi connectivity index (χ2n) is 12.5.